The highest BCUT2D eigenvalue weighted by molar-refractivity contribution is 7.32. The second-order valence-electron chi connectivity index (χ2n) is 2.95. The van der Waals surface area contributed by atoms with Gasteiger partial charge in [-0.3, -0.25) is 9.69 Å². The quantitative estimate of drug-likeness (QED) is 0.671. The van der Waals surface area contributed by atoms with Crippen LogP contribution in [0.2, 0.25) is 0 Å². The van der Waals surface area contributed by atoms with Crippen LogP contribution in [0, 0.1) is 0 Å². The van der Waals surface area contributed by atoms with Gasteiger partial charge in [-0.2, -0.15) is 0 Å². The highest BCUT2D eigenvalue weighted by atomic mass is 31.1. The van der Waals surface area contributed by atoms with Crippen LogP contribution in [0.25, 0.3) is 0 Å². The second-order valence-corrected chi connectivity index (χ2v) is 3.69. The summed E-state index contributed by atoms with van der Waals surface area (Å²) in [6.07, 6.45) is 1.18. The number of Topliss-reactive ketones (excluding diaryl/α,β-unsaturated/α-hetero) is 1. The lowest BCUT2D eigenvalue weighted by Crippen LogP contribution is -2.35. The molecule has 1 unspecified atom stereocenters. The molecule has 1 atom stereocenters. The number of likely N-dealkylation sites (tertiary alicyclic amines) is 1. The van der Waals surface area contributed by atoms with Gasteiger partial charge in [0.1, 0.15) is 12.4 Å². The van der Waals surface area contributed by atoms with E-state index in [1.165, 1.54) is 0 Å². The molecule has 0 saturated carbocycles. The molecular formula is C7H13NO4P+. The van der Waals surface area contributed by atoms with Crippen molar-refractivity contribution in [2.75, 3.05) is 26.2 Å². The molecule has 1 aliphatic rings. The standard InChI is InChI=1S/C7H12NO4P/c9-7-1-3-8(4-2-7)5-6-12-13(10)11/h1-6H2/p+1. The molecule has 0 aromatic heterocycles. The first kappa shape index (κ1) is 10.7. The van der Waals surface area contributed by atoms with Crippen LogP contribution >= 0.6 is 8.25 Å². The van der Waals surface area contributed by atoms with E-state index in [2.05, 4.69) is 9.42 Å². The van der Waals surface area contributed by atoms with Crippen LogP contribution in [0.5, 0.6) is 0 Å². The fraction of sp³-hybridized carbons (Fsp3) is 0.857. The zero-order valence-corrected chi connectivity index (χ0v) is 8.20. The molecule has 0 bridgehead atoms. The van der Waals surface area contributed by atoms with Gasteiger partial charge in [-0.1, -0.05) is 0 Å². The molecule has 0 spiro atoms. The maximum Gasteiger partial charge on any atom is 0.694 e. The van der Waals surface area contributed by atoms with Crippen LogP contribution in [-0.4, -0.2) is 41.8 Å². The van der Waals surface area contributed by atoms with Crippen LogP contribution in [0.4, 0.5) is 0 Å². The van der Waals surface area contributed by atoms with Gasteiger partial charge in [0.25, 0.3) is 0 Å². The van der Waals surface area contributed by atoms with E-state index in [0.29, 0.717) is 25.2 Å². The first-order chi connectivity index (χ1) is 6.18. The molecule has 5 nitrogen and oxygen atoms in total. The van der Waals surface area contributed by atoms with Gasteiger partial charge in [0.15, 0.2) is 0 Å². The summed E-state index contributed by atoms with van der Waals surface area (Å²) in [6, 6.07) is 0. The topological polar surface area (TPSA) is 66.8 Å². The molecule has 6 heteroatoms. The fourth-order valence-corrected chi connectivity index (χ4v) is 1.51. The van der Waals surface area contributed by atoms with Crippen molar-refractivity contribution in [2.45, 2.75) is 12.8 Å². The minimum atomic E-state index is -2.48. The average Bonchev–Trinajstić information content (AvgIpc) is 2.08. The molecule has 1 fully saturated rings. The van der Waals surface area contributed by atoms with E-state index in [1.807, 2.05) is 0 Å². The van der Waals surface area contributed by atoms with E-state index in [0.717, 1.165) is 13.1 Å². The van der Waals surface area contributed by atoms with Crippen molar-refractivity contribution >= 4 is 14.0 Å². The Balaban J connectivity index is 2.09. The molecule has 1 N–H and O–H groups in total. The maximum atomic E-state index is 10.8. The Kier molecular flexibility index (Phi) is 4.45. The zero-order chi connectivity index (χ0) is 9.68. The van der Waals surface area contributed by atoms with Crippen molar-refractivity contribution < 1.29 is 18.8 Å². The summed E-state index contributed by atoms with van der Waals surface area (Å²) in [7, 11) is -2.48. The van der Waals surface area contributed by atoms with Gasteiger partial charge in [-0.05, 0) is 0 Å². The lowest BCUT2D eigenvalue weighted by molar-refractivity contribution is -0.121. The van der Waals surface area contributed by atoms with Crippen LogP contribution in [-0.2, 0) is 13.9 Å². The number of nitrogens with zero attached hydrogens (tertiary/aromatic N) is 1. The molecule has 1 saturated heterocycles. The number of carbonyl (C=O) groups excluding carboxylic acids is 1. The molecular weight excluding hydrogens is 193 g/mol. The summed E-state index contributed by atoms with van der Waals surface area (Å²) in [6.45, 7) is 2.35. The van der Waals surface area contributed by atoms with Gasteiger partial charge < -0.3 is 0 Å². The first-order valence-electron chi connectivity index (χ1n) is 4.21. The van der Waals surface area contributed by atoms with E-state index in [4.69, 9.17) is 4.89 Å². The Morgan fingerprint density at radius 1 is 1.46 bits per heavy atom. The van der Waals surface area contributed by atoms with Gasteiger partial charge in [0, 0.05) is 37.0 Å². The highest BCUT2D eigenvalue weighted by Gasteiger charge is 2.18. The van der Waals surface area contributed by atoms with Crippen LogP contribution in [0.15, 0.2) is 0 Å². The van der Waals surface area contributed by atoms with E-state index >= 15 is 0 Å². The minimum Gasteiger partial charge on any atom is -0.300 e. The van der Waals surface area contributed by atoms with Crippen molar-refractivity contribution in [1.82, 2.24) is 4.90 Å². The predicted octanol–water partition coefficient (Wildman–Crippen LogP) is 0.318. The molecule has 1 aliphatic heterocycles. The molecule has 13 heavy (non-hydrogen) atoms. The molecule has 0 aliphatic carbocycles. The third kappa shape index (κ3) is 4.43. The van der Waals surface area contributed by atoms with Gasteiger partial charge in [0.05, 0.1) is 0 Å². The van der Waals surface area contributed by atoms with Crippen molar-refractivity contribution in [3.63, 3.8) is 0 Å². The number of rotatable bonds is 4. The summed E-state index contributed by atoms with van der Waals surface area (Å²) >= 11 is 0. The van der Waals surface area contributed by atoms with E-state index in [1.54, 1.807) is 0 Å². The third-order valence-electron chi connectivity index (χ3n) is 2.02. The third-order valence-corrected chi connectivity index (χ3v) is 2.43. The number of piperidine rings is 1. The lowest BCUT2D eigenvalue weighted by Gasteiger charge is -2.24. The Morgan fingerprint density at radius 3 is 2.62 bits per heavy atom. The molecule has 1 heterocycles. The SMILES string of the molecule is O=C1CCN(CCO[P+](=O)O)CC1. The fourth-order valence-electron chi connectivity index (χ4n) is 1.27. The number of hydrogen-bond donors (Lipinski definition) is 1. The number of hydrogen-bond acceptors (Lipinski definition) is 4. The monoisotopic (exact) mass is 206 g/mol. The van der Waals surface area contributed by atoms with E-state index in [-0.39, 0.29) is 6.61 Å². The van der Waals surface area contributed by atoms with Gasteiger partial charge in [-0.15, -0.1) is 9.42 Å². The normalized spacial score (nSPS) is 20.4. The van der Waals surface area contributed by atoms with Crippen molar-refractivity contribution in [1.29, 1.82) is 0 Å². The zero-order valence-electron chi connectivity index (χ0n) is 7.31. The molecule has 0 aromatic rings. The summed E-state index contributed by atoms with van der Waals surface area (Å²) in [5, 5.41) is 0. The summed E-state index contributed by atoms with van der Waals surface area (Å²) in [4.78, 5) is 21.2. The van der Waals surface area contributed by atoms with E-state index in [9.17, 15) is 9.36 Å². The van der Waals surface area contributed by atoms with Gasteiger partial charge >= 0.3 is 8.25 Å². The molecule has 1 rings (SSSR count). The summed E-state index contributed by atoms with van der Waals surface area (Å²) < 4.78 is 14.7. The van der Waals surface area contributed by atoms with Gasteiger partial charge in [0.2, 0.25) is 0 Å². The molecule has 0 radical (unpaired) electrons. The van der Waals surface area contributed by atoms with Crippen LogP contribution in [0.3, 0.4) is 0 Å². The Morgan fingerprint density at radius 2 is 2.08 bits per heavy atom. The average molecular weight is 206 g/mol. The molecule has 74 valence electrons. The van der Waals surface area contributed by atoms with E-state index < -0.39 is 8.25 Å². The predicted molar refractivity (Wildman–Crippen MR) is 46.5 cm³/mol. The Hall–Kier alpha value is -0.350. The summed E-state index contributed by atoms with van der Waals surface area (Å²) in [5.41, 5.74) is 0. The smallest absolute Gasteiger partial charge is 0.300 e. The molecule has 0 amide bonds. The second kappa shape index (κ2) is 5.40. The van der Waals surface area contributed by atoms with Crippen molar-refractivity contribution in [3.05, 3.63) is 0 Å². The lowest BCUT2D eigenvalue weighted by atomic mass is 10.1. The Labute approximate surface area is 77.6 Å². The minimum absolute atomic E-state index is 0.250. The van der Waals surface area contributed by atoms with Gasteiger partial charge in [-0.25, -0.2) is 0 Å². The Bertz CT molecular complexity index is 199. The van der Waals surface area contributed by atoms with Crippen molar-refractivity contribution in [2.24, 2.45) is 0 Å². The van der Waals surface area contributed by atoms with Crippen molar-refractivity contribution in [3.8, 4) is 0 Å². The van der Waals surface area contributed by atoms with Crippen LogP contribution in [0.1, 0.15) is 12.8 Å². The first-order valence-corrected chi connectivity index (χ1v) is 5.34. The maximum absolute atomic E-state index is 10.8. The largest absolute Gasteiger partial charge is 0.694 e. The van der Waals surface area contributed by atoms with Crippen LogP contribution < -0.4 is 0 Å². The molecule has 0 aromatic carbocycles. The number of carbonyl (C=O) groups is 1. The summed E-state index contributed by atoms with van der Waals surface area (Å²) in [5.74, 6) is 0.297. The highest BCUT2D eigenvalue weighted by Crippen LogP contribution is 2.14. The number of ketones is 1.